The summed E-state index contributed by atoms with van der Waals surface area (Å²) in [7, 11) is 0. The van der Waals surface area contributed by atoms with Crippen molar-refractivity contribution in [2.45, 2.75) is 32.7 Å². The number of rotatable bonds is 4. The molecule has 108 valence electrons. The summed E-state index contributed by atoms with van der Waals surface area (Å²) in [5, 5.41) is 0. The molecule has 0 fully saturated rings. The zero-order chi connectivity index (χ0) is 14.8. The standard InChI is InChI=1S/C18H19NO2/c1-3-13(2)15-10-8-14(9-11-15)12-19-16-6-4-5-7-17(16)21-18(19)20/h4-11,13H,3,12H2,1-2H3. The van der Waals surface area contributed by atoms with Crippen LogP contribution in [0.3, 0.4) is 0 Å². The Morgan fingerprint density at radius 1 is 1.10 bits per heavy atom. The van der Waals surface area contributed by atoms with Crippen molar-refractivity contribution in [2.75, 3.05) is 0 Å². The van der Waals surface area contributed by atoms with Crippen molar-refractivity contribution in [3.05, 3.63) is 70.2 Å². The van der Waals surface area contributed by atoms with E-state index in [1.54, 1.807) is 4.57 Å². The first-order valence-corrected chi connectivity index (χ1v) is 7.36. The van der Waals surface area contributed by atoms with Gasteiger partial charge in [0.2, 0.25) is 0 Å². The van der Waals surface area contributed by atoms with Crippen LogP contribution in [0.1, 0.15) is 37.3 Å². The van der Waals surface area contributed by atoms with Crippen molar-refractivity contribution in [3.63, 3.8) is 0 Å². The monoisotopic (exact) mass is 281 g/mol. The van der Waals surface area contributed by atoms with Gasteiger partial charge in [0.1, 0.15) is 0 Å². The number of para-hydroxylation sites is 2. The molecule has 0 spiro atoms. The van der Waals surface area contributed by atoms with Gasteiger partial charge >= 0.3 is 5.76 Å². The van der Waals surface area contributed by atoms with E-state index in [1.807, 2.05) is 24.3 Å². The first-order valence-electron chi connectivity index (χ1n) is 7.36. The van der Waals surface area contributed by atoms with Gasteiger partial charge in [-0.15, -0.1) is 0 Å². The van der Waals surface area contributed by atoms with E-state index in [1.165, 1.54) is 5.56 Å². The van der Waals surface area contributed by atoms with Crippen molar-refractivity contribution in [2.24, 2.45) is 0 Å². The van der Waals surface area contributed by atoms with E-state index >= 15 is 0 Å². The van der Waals surface area contributed by atoms with Crippen LogP contribution in [0.4, 0.5) is 0 Å². The van der Waals surface area contributed by atoms with Gasteiger partial charge < -0.3 is 4.42 Å². The molecular formula is C18H19NO2. The van der Waals surface area contributed by atoms with Crippen molar-refractivity contribution >= 4 is 11.1 Å². The fourth-order valence-corrected chi connectivity index (χ4v) is 2.53. The van der Waals surface area contributed by atoms with E-state index in [9.17, 15) is 4.79 Å². The Kier molecular flexibility index (Phi) is 3.65. The van der Waals surface area contributed by atoms with Gasteiger partial charge in [0.25, 0.3) is 0 Å². The molecule has 0 N–H and O–H groups in total. The third-order valence-corrected chi connectivity index (χ3v) is 4.08. The molecule has 1 heterocycles. The summed E-state index contributed by atoms with van der Waals surface area (Å²) in [6.07, 6.45) is 1.13. The molecule has 21 heavy (non-hydrogen) atoms. The Morgan fingerprint density at radius 3 is 2.52 bits per heavy atom. The lowest BCUT2D eigenvalue weighted by Gasteiger charge is -2.10. The summed E-state index contributed by atoms with van der Waals surface area (Å²) in [4.78, 5) is 12.0. The highest BCUT2D eigenvalue weighted by Crippen LogP contribution is 2.20. The Labute approximate surface area is 123 Å². The number of hydrogen-bond acceptors (Lipinski definition) is 2. The Morgan fingerprint density at radius 2 is 1.81 bits per heavy atom. The van der Waals surface area contributed by atoms with Gasteiger partial charge in [-0.25, -0.2) is 4.79 Å². The maximum absolute atomic E-state index is 12.0. The topological polar surface area (TPSA) is 35.1 Å². The van der Waals surface area contributed by atoms with Gasteiger partial charge in [0, 0.05) is 0 Å². The molecule has 0 aliphatic heterocycles. The molecule has 3 heteroatoms. The second-order valence-corrected chi connectivity index (χ2v) is 5.47. The van der Waals surface area contributed by atoms with Crippen molar-refractivity contribution in [3.8, 4) is 0 Å². The maximum Gasteiger partial charge on any atom is 0.420 e. The molecule has 3 nitrogen and oxygen atoms in total. The molecule has 3 aromatic rings. The Balaban J connectivity index is 1.92. The Bertz CT molecular complexity index is 796. The highest BCUT2D eigenvalue weighted by atomic mass is 16.4. The zero-order valence-corrected chi connectivity index (χ0v) is 12.4. The molecule has 1 unspecified atom stereocenters. The van der Waals surface area contributed by atoms with Crippen LogP contribution in [-0.4, -0.2) is 4.57 Å². The summed E-state index contributed by atoms with van der Waals surface area (Å²) in [6.45, 7) is 4.95. The molecule has 1 aromatic heterocycles. The smallest absolute Gasteiger partial charge is 0.408 e. The minimum absolute atomic E-state index is 0.304. The van der Waals surface area contributed by atoms with Gasteiger partial charge in [-0.05, 0) is 35.6 Å². The molecule has 0 radical (unpaired) electrons. The third-order valence-electron chi connectivity index (χ3n) is 4.08. The lowest BCUT2D eigenvalue weighted by Crippen LogP contribution is -2.14. The fraction of sp³-hybridized carbons (Fsp3) is 0.278. The van der Waals surface area contributed by atoms with Crippen LogP contribution in [0, 0.1) is 0 Å². The average molecular weight is 281 g/mol. The average Bonchev–Trinajstić information content (AvgIpc) is 2.83. The van der Waals surface area contributed by atoms with Crippen LogP contribution in [0.2, 0.25) is 0 Å². The first kappa shape index (κ1) is 13.7. The van der Waals surface area contributed by atoms with E-state index in [2.05, 4.69) is 38.1 Å². The second-order valence-electron chi connectivity index (χ2n) is 5.47. The van der Waals surface area contributed by atoms with E-state index in [4.69, 9.17) is 4.42 Å². The van der Waals surface area contributed by atoms with Crippen LogP contribution in [0.25, 0.3) is 11.1 Å². The molecule has 0 saturated carbocycles. The zero-order valence-electron chi connectivity index (χ0n) is 12.4. The third kappa shape index (κ3) is 2.64. The number of aromatic nitrogens is 1. The molecule has 0 aliphatic rings. The lowest BCUT2D eigenvalue weighted by atomic mass is 9.98. The molecule has 0 saturated heterocycles. The molecule has 0 amide bonds. The van der Waals surface area contributed by atoms with Crippen LogP contribution in [0.15, 0.2) is 57.7 Å². The SMILES string of the molecule is CCC(C)c1ccc(Cn2c(=O)oc3ccccc32)cc1. The predicted octanol–water partition coefficient (Wildman–Crippen LogP) is 4.16. The number of fused-ring (bicyclic) bond motifs is 1. The molecule has 0 aliphatic carbocycles. The number of hydrogen-bond donors (Lipinski definition) is 0. The predicted molar refractivity (Wildman–Crippen MR) is 84.7 cm³/mol. The van der Waals surface area contributed by atoms with Gasteiger partial charge in [-0.3, -0.25) is 4.57 Å². The van der Waals surface area contributed by atoms with Gasteiger partial charge in [-0.1, -0.05) is 50.2 Å². The van der Waals surface area contributed by atoms with E-state index in [0.29, 0.717) is 18.0 Å². The molecular weight excluding hydrogens is 262 g/mol. The molecule has 2 aromatic carbocycles. The fourth-order valence-electron chi connectivity index (χ4n) is 2.53. The summed E-state index contributed by atoms with van der Waals surface area (Å²) in [5.41, 5.74) is 3.92. The van der Waals surface area contributed by atoms with Gasteiger partial charge in [-0.2, -0.15) is 0 Å². The summed E-state index contributed by atoms with van der Waals surface area (Å²) in [5.74, 6) is 0.263. The number of oxazole rings is 1. The highest BCUT2D eigenvalue weighted by molar-refractivity contribution is 5.72. The second kappa shape index (κ2) is 5.60. The number of nitrogens with zero attached hydrogens (tertiary/aromatic N) is 1. The largest absolute Gasteiger partial charge is 0.420 e. The minimum Gasteiger partial charge on any atom is -0.408 e. The summed E-state index contributed by atoms with van der Waals surface area (Å²) >= 11 is 0. The van der Waals surface area contributed by atoms with Crippen molar-refractivity contribution in [1.82, 2.24) is 4.57 Å². The van der Waals surface area contributed by atoms with Gasteiger partial charge in [0.15, 0.2) is 5.58 Å². The van der Waals surface area contributed by atoms with E-state index < -0.39 is 0 Å². The molecule has 3 rings (SSSR count). The van der Waals surface area contributed by atoms with Gasteiger partial charge in [0.05, 0.1) is 12.1 Å². The summed E-state index contributed by atoms with van der Waals surface area (Å²) < 4.78 is 6.93. The maximum atomic E-state index is 12.0. The first-order chi connectivity index (χ1) is 10.2. The van der Waals surface area contributed by atoms with Crippen LogP contribution in [-0.2, 0) is 6.54 Å². The van der Waals surface area contributed by atoms with Crippen molar-refractivity contribution in [1.29, 1.82) is 0 Å². The lowest BCUT2D eigenvalue weighted by molar-refractivity contribution is 0.517. The minimum atomic E-state index is -0.304. The van der Waals surface area contributed by atoms with E-state index in [0.717, 1.165) is 17.5 Å². The quantitative estimate of drug-likeness (QED) is 0.720. The molecule has 1 atom stereocenters. The van der Waals surface area contributed by atoms with Crippen LogP contribution >= 0.6 is 0 Å². The molecule has 0 bridgehead atoms. The van der Waals surface area contributed by atoms with Crippen LogP contribution < -0.4 is 5.76 Å². The van der Waals surface area contributed by atoms with Crippen molar-refractivity contribution < 1.29 is 4.42 Å². The number of benzene rings is 2. The van der Waals surface area contributed by atoms with Crippen LogP contribution in [0.5, 0.6) is 0 Å². The van der Waals surface area contributed by atoms with E-state index in [-0.39, 0.29) is 5.76 Å². The summed E-state index contributed by atoms with van der Waals surface area (Å²) in [6, 6.07) is 16.0. The Hall–Kier alpha value is -2.29. The normalized spacial score (nSPS) is 12.7. The highest BCUT2D eigenvalue weighted by Gasteiger charge is 2.09.